The number of aromatic nitrogens is 2. The SMILES string of the molecule is CC[C@@H](CCCCn1ccnc1)CCOC. The Morgan fingerprint density at radius 2 is 2.19 bits per heavy atom. The minimum absolute atomic E-state index is 0.836. The Balaban J connectivity index is 2.04. The molecule has 1 aromatic rings. The highest BCUT2D eigenvalue weighted by Crippen LogP contribution is 2.16. The molecule has 0 spiro atoms. The van der Waals surface area contributed by atoms with Gasteiger partial charge in [-0.15, -0.1) is 0 Å². The van der Waals surface area contributed by atoms with E-state index in [1.165, 1.54) is 32.1 Å². The van der Waals surface area contributed by atoms with Crippen molar-refractivity contribution in [2.45, 2.75) is 45.6 Å². The summed E-state index contributed by atoms with van der Waals surface area (Å²) in [7, 11) is 1.78. The minimum atomic E-state index is 0.836. The number of rotatable bonds is 9. The van der Waals surface area contributed by atoms with Gasteiger partial charge in [0.1, 0.15) is 0 Å². The van der Waals surface area contributed by atoms with Crippen LogP contribution in [0.5, 0.6) is 0 Å². The van der Waals surface area contributed by atoms with Crippen LogP contribution in [0.4, 0.5) is 0 Å². The second kappa shape index (κ2) is 8.34. The van der Waals surface area contributed by atoms with Crippen LogP contribution < -0.4 is 0 Å². The molecule has 16 heavy (non-hydrogen) atoms. The van der Waals surface area contributed by atoms with Crippen molar-refractivity contribution in [2.75, 3.05) is 13.7 Å². The molecule has 0 saturated carbocycles. The lowest BCUT2D eigenvalue weighted by molar-refractivity contribution is 0.173. The molecule has 1 heterocycles. The normalized spacial score (nSPS) is 12.9. The fraction of sp³-hybridized carbons (Fsp3) is 0.769. The van der Waals surface area contributed by atoms with E-state index < -0.39 is 0 Å². The number of methoxy groups -OCH3 is 1. The predicted molar refractivity (Wildman–Crippen MR) is 66.4 cm³/mol. The van der Waals surface area contributed by atoms with Gasteiger partial charge in [-0.2, -0.15) is 0 Å². The van der Waals surface area contributed by atoms with Crippen molar-refractivity contribution in [1.29, 1.82) is 0 Å². The molecule has 3 nitrogen and oxygen atoms in total. The van der Waals surface area contributed by atoms with Crippen LogP contribution >= 0.6 is 0 Å². The number of ether oxygens (including phenoxy) is 1. The first-order valence-corrected chi connectivity index (χ1v) is 6.31. The molecular formula is C13H24N2O. The van der Waals surface area contributed by atoms with E-state index in [1.54, 1.807) is 7.11 Å². The van der Waals surface area contributed by atoms with Crippen LogP contribution in [0.25, 0.3) is 0 Å². The smallest absolute Gasteiger partial charge is 0.0945 e. The summed E-state index contributed by atoms with van der Waals surface area (Å²) in [6.07, 6.45) is 12.1. The molecule has 0 N–H and O–H groups in total. The number of imidazole rings is 1. The monoisotopic (exact) mass is 224 g/mol. The van der Waals surface area contributed by atoms with E-state index in [2.05, 4.69) is 16.5 Å². The molecule has 1 rings (SSSR count). The Labute approximate surface area is 98.8 Å². The van der Waals surface area contributed by atoms with Crippen molar-refractivity contribution >= 4 is 0 Å². The van der Waals surface area contributed by atoms with Crippen molar-refractivity contribution in [1.82, 2.24) is 9.55 Å². The summed E-state index contributed by atoms with van der Waals surface area (Å²) < 4.78 is 7.28. The summed E-state index contributed by atoms with van der Waals surface area (Å²) in [4.78, 5) is 4.04. The van der Waals surface area contributed by atoms with Gasteiger partial charge in [0, 0.05) is 32.7 Å². The molecule has 0 aliphatic carbocycles. The van der Waals surface area contributed by atoms with Gasteiger partial charge < -0.3 is 9.30 Å². The number of aryl methyl sites for hydroxylation is 1. The maximum Gasteiger partial charge on any atom is 0.0945 e. The average Bonchev–Trinajstić information content (AvgIpc) is 2.81. The highest BCUT2D eigenvalue weighted by molar-refractivity contribution is 4.73. The first-order valence-electron chi connectivity index (χ1n) is 6.31. The average molecular weight is 224 g/mol. The summed E-state index contributed by atoms with van der Waals surface area (Å²) in [5.41, 5.74) is 0. The van der Waals surface area contributed by atoms with Crippen molar-refractivity contribution < 1.29 is 4.74 Å². The summed E-state index contributed by atoms with van der Waals surface area (Å²) in [6, 6.07) is 0. The van der Waals surface area contributed by atoms with E-state index in [0.29, 0.717) is 0 Å². The van der Waals surface area contributed by atoms with E-state index in [0.717, 1.165) is 19.1 Å². The largest absolute Gasteiger partial charge is 0.385 e. The highest BCUT2D eigenvalue weighted by Gasteiger charge is 2.05. The Hall–Kier alpha value is -0.830. The number of hydrogen-bond donors (Lipinski definition) is 0. The molecule has 0 aliphatic heterocycles. The van der Waals surface area contributed by atoms with Gasteiger partial charge >= 0.3 is 0 Å². The van der Waals surface area contributed by atoms with Crippen molar-refractivity contribution in [3.8, 4) is 0 Å². The second-order valence-electron chi connectivity index (χ2n) is 4.35. The molecule has 0 amide bonds. The first-order chi connectivity index (χ1) is 7.86. The van der Waals surface area contributed by atoms with Gasteiger partial charge in [-0.1, -0.05) is 26.2 Å². The third-order valence-electron chi connectivity index (χ3n) is 3.15. The molecule has 0 unspecified atom stereocenters. The topological polar surface area (TPSA) is 27.1 Å². The molecule has 1 atom stereocenters. The summed E-state index contributed by atoms with van der Waals surface area (Å²) >= 11 is 0. The zero-order valence-corrected chi connectivity index (χ0v) is 10.6. The van der Waals surface area contributed by atoms with Crippen LogP contribution in [0, 0.1) is 5.92 Å². The lowest BCUT2D eigenvalue weighted by atomic mass is 9.96. The minimum Gasteiger partial charge on any atom is -0.385 e. The Morgan fingerprint density at radius 3 is 2.81 bits per heavy atom. The zero-order valence-electron chi connectivity index (χ0n) is 10.6. The molecule has 0 bridgehead atoms. The van der Waals surface area contributed by atoms with Crippen molar-refractivity contribution in [2.24, 2.45) is 5.92 Å². The maximum absolute atomic E-state index is 5.13. The zero-order chi connectivity index (χ0) is 11.6. The van der Waals surface area contributed by atoms with Crippen LogP contribution in [0.3, 0.4) is 0 Å². The van der Waals surface area contributed by atoms with Gasteiger partial charge in [0.05, 0.1) is 6.33 Å². The van der Waals surface area contributed by atoms with E-state index in [-0.39, 0.29) is 0 Å². The van der Waals surface area contributed by atoms with Crippen LogP contribution in [0.1, 0.15) is 39.0 Å². The molecule has 0 saturated heterocycles. The van der Waals surface area contributed by atoms with E-state index in [1.807, 2.05) is 18.7 Å². The van der Waals surface area contributed by atoms with Gasteiger partial charge in [-0.05, 0) is 18.8 Å². The second-order valence-corrected chi connectivity index (χ2v) is 4.35. The summed E-state index contributed by atoms with van der Waals surface area (Å²) in [5.74, 6) is 0.836. The van der Waals surface area contributed by atoms with Crippen LogP contribution in [0.2, 0.25) is 0 Å². The van der Waals surface area contributed by atoms with E-state index >= 15 is 0 Å². The van der Waals surface area contributed by atoms with Crippen molar-refractivity contribution in [3.05, 3.63) is 18.7 Å². The fourth-order valence-corrected chi connectivity index (χ4v) is 1.98. The lowest BCUT2D eigenvalue weighted by Gasteiger charge is -2.13. The Morgan fingerprint density at radius 1 is 1.31 bits per heavy atom. The van der Waals surface area contributed by atoms with Crippen LogP contribution in [-0.2, 0) is 11.3 Å². The number of nitrogens with zero attached hydrogens (tertiary/aromatic N) is 2. The standard InChI is InChI=1S/C13H24N2O/c1-3-13(7-11-16-2)6-4-5-9-15-10-8-14-12-15/h8,10,12-13H,3-7,9,11H2,1-2H3/t13-/m0/s1. The molecule has 92 valence electrons. The van der Waals surface area contributed by atoms with Crippen molar-refractivity contribution in [3.63, 3.8) is 0 Å². The Bertz CT molecular complexity index is 246. The van der Waals surface area contributed by atoms with Crippen LogP contribution in [0.15, 0.2) is 18.7 Å². The molecular weight excluding hydrogens is 200 g/mol. The van der Waals surface area contributed by atoms with E-state index in [9.17, 15) is 0 Å². The quantitative estimate of drug-likeness (QED) is 0.603. The molecule has 0 aliphatic rings. The maximum atomic E-state index is 5.13. The van der Waals surface area contributed by atoms with Gasteiger partial charge in [-0.3, -0.25) is 0 Å². The van der Waals surface area contributed by atoms with Crippen LogP contribution in [-0.4, -0.2) is 23.3 Å². The lowest BCUT2D eigenvalue weighted by Crippen LogP contribution is -2.04. The molecule has 0 fully saturated rings. The summed E-state index contributed by atoms with van der Waals surface area (Å²) in [5, 5.41) is 0. The summed E-state index contributed by atoms with van der Waals surface area (Å²) in [6.45, 7) is 4.27. The van der Waals surface area contributed by atoms with Gasteiger partial charge in [0.15, 0.2) is 0 Å². The third kappa shape index (κ3) is 5.31. The molecule has 0 aromatic carbocycles. The first kappa shape index (κ1) is 13.2. The van der Waals surface area contributed by atoms with Gasteiger partial charge in [0.2, 0.25) is 0 Å². The third-order valence-corrected chi connectivity index (χ3v) is 3.15. The predicted octanol–water partition coefficient (Wildman–Crippen LogP) is 3.12. The van der Waals surface area contributed by atoms with Gasteiger partial charge in [-0.25, -0.2) is 4.98 Å². The molecule has 1 aromatic heterocycles. The molecule has 3 heteroatoms. The van der Waals surface area contributed by atoms with Gasteiger partial charge in [0.25, 0.3) is 0 Å². The fourth-order valence-electron chi connectivity index (χ4n) is 1.98. The highest BCUT2D eigenvalue weighted by atomic mass is 16.5. The molecule has 0 radical (unpaired) electrons. The van der Waals surface area contributed by atoms with E-state index in [4.69, 9.17) is 4.74 Å². The Kier molecular flexibility index (Phi) is 6.90. The number of hydrogen-bond acceptors (Lipinski definition) is 2. The number of unbranched alkanes of at least 4 members (excludes halogenated alkanes) is 1.